The molecule has 0 N–H and O–H groups in total. The minimum absolute atomic E-state index is 1.15. The van der Waals surface area contributed by atoms with Crippen LogP contribution in [0.2, 0.25) is 0 Å². The van der Waals surface area contributed by atoms with Crippen LogP contribution in [0.1, 0.15) is 0 Å². The van der Waals surface area contributed by atoms with Crippen molar-refractivity contribution in [2.45, 2.75) is 0 Å². The lowest BCUT2D eigenvalue weighted by Crippen LogP contribution is -2.11. The van der Waals surface area contributed by atoms with Gasteiger partial charge in [0, 0.05) is 24.0 Å². The van der Waals surface area contributed by atoms with E-state index in [0.717, 1.165) is 5.69 Å². The standard InChI is InChI=1S/C37H29N/c1-38(37-20-12-11-19-36(37)32-17-9-4-10-18-32)35-26-33(29-15-7-3-8-16-29)25-34(27-35)31-23-21-30(22-24-31)28-13-5-2-6-14-28/h2-27H,1H3. The maximum Gasteiger partial charge on any atom is 0.0487 e. The second-order valence-corrected chi connectivity index (χ2v) is 9.52. The Balaban J connectivity index is 1.45. The third kappa shape index (κ3) is 4.87. The number of hydrogen-bond acceptors (Lipinski definition) is 1. The molecule has 0 spiro atoms. The molecule has 0 aliphatic heterocycles. The quantitative estimate of drug-likeness (QED) is 0.226. The minimum atomic E-state index is 1.15. The average molecular weight is 488 g/mol. The number of para-hydroxylation sites is 1. The highest BCUT2D eigenvalue weighted by Gasteiger charge is 2.14. The highest BCUT2D eigenvalue weighted by molar-refractivity contribution is 5.86. The van der Waals surface area contributed by atoms with Gasteiger partial charge in [0.15, 0.2) is 0 Å². The van der Waals surface area contributed by atoms with E-state index in [0.29, 0.717) is 0 Å². The summed E-state index contributed by atoms with van der Waals surface area (Å²) in [4.78, 5) is 2.30. The molecule has 0 atom stereocenters. The van der Waals surface area contributed by atoms with Crippen molar-refractivity contribution >= 4 is 11.4 Å². The summed E-state index contributed by atoms with van der Waals surface area (Å²) in [5.41, 5.74) is 12.0. The molecular formula is C37H29N. The first kappa shape index (κ1) is 23.5. The lowest BCUT2D eigenvalue weighted by molar-refractivity contribution is 1.21. The molecule has 0 aromatic heterocycles. The van der Waals surface area contributed by atoms with Gasteiger partial charge in [-0.2, -0.15) is 0 Å². The van der Waals surface area contributed by atoms with E-state index < -0.39 is 0 Å². The normalized spacial score (nSPS) is 10.8. The van der Waals surface area contributed by atoms with Crippen molar-refractivity contribution in [3.05, 3.63) is 158 Å². The highest BCUT2D eigenvalue weighted by atomic mass is 15.1. The topological polar surface area (TPSA) is 3.24 Å². The fourth-order valence-electron chi connectivity index (χ4n) is 5.02. The Labute approximate surface area is 225 Å². The largest absolute Gasteiger partial charge is 0.344 e. The SMILES string of the molecule is CN(c1cc(-c2ccccc2)cc(-c2ccc(-c3ccccc3)cc2)c1)c1ccccc1-c1ccccc1. The molecular weight excluding hydrogens is 458 g/mol. The Bertz CT molecular complexity index is 1640. The van der Waals surface area contributed by atoms with Gasteiger partial charge in [0.2, 0.25) is 0 Å². The predicted octanol–water partition coefficient (Wildman–Crippen LogP) is 10.1. The summed E-state index contributed by atoms with van der Waals surface area (Å²) in [6.07, 6.45) is 0. The maximum atomic E-state index is 2.30. The molecule has 0 saturated heterocycles. The van der Waals surface area contributed by atoms with Crippen molar-refractivity contribution in [1.82, 2.24) is 0 Å². The third-order valence-corrected chi connectivity index (χ3v) is 7.09. The zero-order valence-corrected chi connectivity index (χ0v) is 21.5. The second-order valence-electron chi connectivity index (χ2n) is 9.52. The van der Waals surface area contributed by atoms with Crippen LogP contribution >= 0.6 is 0 Å². The van der Waals surface area contributed by atoms with E-state index >= 15 is 0 Å². The molecule has 0 unspecified atom stereocenters. The zero-order valence-electron chi connectivity index (χ0n) is 21.5. The Hall–Kier alpha value is -4.88. The molecule has 0 aliphatic rings. The summed E-state index contributed by atoms with van der Waals surface area (Å²) in [5, 5.41) is 0. The Morgan fingerprint density at radius 2 is 0.737 bits per heavy atom. The number of benzene rings is 6. The van der Waals surface area contributed by atoms with Crippen LogP contribution in [0.4, 0.5) is 11.4 Å². The fourth-order valence-corrected chi connectivity index (χ4v) is 5.02. The van der Waals surface area contributed by atoms with E-state index in [2.05, 4.69) is 170 Å². The molecule has 38 heavy (non-hydrogen) atoms. The molecule has 0 saturated carbocycles. The van der Waals surface area contributed by atoms with E-state index in [4.69, 9.17) is 0 Å². The number of nitrogens with zero attached hydrogens (tertiary/aromatic N) is 1. The monoisotopic (exact) mass is 487 g/mol. The van der Waals surface area contributed by atoms with Crippen molar-refractivity contribution in [2.75, 3.05) is 11.9 Å². The van der Waals surface area contributed by atoms with Gasteiger partial charge in [0.25, 0.3) is 0 Å². The molecule has 0 amide bonds. The number of hydrogen-bond donors (Lipinski definition) is 0. The Kier molecular flexibility index (Phi) is 6.57. The summed E-state index contributed by atoms with van der Waals surface area (Å²) in [5.74, 6) is 0. The number of rotatable bonds is 6. The van der Waals surface area contributed by atoms with Crippen LogP contribution in [0.5, 0.6) is 0 Å². The molecule has 0 fully saturated rings. The Morgan fingerprint density at radius 1 is 0.342 bits per heavy atom. The van der Waals surface area contributed by atoms with Gasteiger partial charge in [-0.15, -0.1) is 0 Å². The molecule has 0 radical (unpaired) electrons. The van der Waals surface area contributed by atoms with Crippen LogP contribution in [-0.4, -0.2) is 7.05 Å². The van der Waals surface area contributed by atoms with Gasteiger partial charge in [-0.05, 0) is 63.2 Å². The van der Waals surface area contributed by atoms with Crippen molar-refractivity contribution in [3.8, 4) is 44.5 Å². The Morgan fingerprint density at radius 3 is 1.29 bits per heavy atom. The molecule has 182 valence electrons. The van der Waals surface area contributed by atoms with Crippen LogP contribution in [0.25, 0.3) is 44.5 Å². The van der Waals surface area contributed by atoms with Crippen LogP contribution < -0.4 is 4.90 Å². The minimum Gasteiger partial charge on any atom is -0.344 e. The summed E-state index contributed by atoms with van der Waals surface area (Å²) in [6.45, 7) is 0. The summed E-state index contributed by atoms with van der Waals surface area (Å²) in [7, 11) is 2.16. The second kappa shape index (κ2) is 10.6. The van der Waals surface area contributed by atoms with Crippen molar-refractivity contribution in [3.63, 3.8) is 0 Å². The van der Waals surface area contributed by atoms with Gasteiger partial charge in [-0.3, -0.25) is 0 Å². The molecule has 0 bridgehead atoms. The number of anilines is 2. The zero-order chi connectivity index (χ0) is 25.7. The first-order valence-corrected chi connectivity index (χ1v) is 13.0. The van der Waals surface area contributed by atoms with E-state index in [-0.39, 0.29) is 0 Å². The smallest absolute Gasteiger partial charge is 0.0487 e. The summed E-state index contributed by atoms with van der Waals surface area (Å²) >= 11 is 0. The summed E-state index contributed by atoms with van der Waals surface area (Å²) < 4.78 is 0. The third-order valence-electron chi connectivity index (χ3n) is 7.09. The van der Waals surface area contributed by atoms with Crippen molar-refractivity contribution in [1.29, 1.82) is 0 Å². The van der Waals surface area contributed by atoms with Gasteiger partial charge in [-0.25, -0.2) is 0 Å². The molecule has 1 heteroatoms. The van der Waals surface area contributed by atoms with Gasteiger partial charge >= 0.3 is 0 Å². The van der Waals surface area contributed by atoms with E-state index in [1.54, 1.807) is 0 Å². The van der Waals surface area contributed by atoms with Crippen LogP contribution in [0.3, 0.4) is 0 Å². The lowest BCUT2D eigenvalue weighted by Gasteiger charge is -2.24. The van der Waals surface area contributed by atoms with Crippen molar-refractivity contribution in [2.24, 2.45) is 0 Å². The van der Waals surface area contributed by atoms with Crippen LogP contribution in [0, 0.1) is 0 Å². The highest BCUT2D eigenvalue weighted by Crippen LogP contribution is 2.38. The lowest BCUT2D eigenvalue weighted by atomic mass is 9.95. The van der Waals surface area contributed by atoms with Gasteiger partial charge in [0.1, 0.15) is 0 Å². The van der Waals surface area contributed by atoms with Crippen LogP contribution in [0.15, 0.2) is 158 Å². The van der Waals surface area contributed by atoms with E-state index in [1.807, 2.05) is 0 Å². The van der Waals surface area contributed by atoms with E-state index in [9.17, 15) is 0 Å². The summed E-state index contributed by atoms with van der Waals surface area (Å²) in [6, 6.07) is 56.2. The maximum absolute atomic E-state index is 2.30. The van der Waals surface area contributed by atoms with Crippen molar-refractivity contribution < 1.29 is 0 Å². The van der Waals surface area contributed by atoms with E-state index in [1.165, 1.54) is 50.2 Å². The molecule has 6 rings (SSSR count). The van der Waals surface area contributed by atoms with Crippen LogP contribution in [-0.2, 0) is 0 Å². The molecule has 0 heterocycles. The molecule has 1 nitrogen and oxygen atoms in total. The fraction of sp³-hybridized carbons (Fsp3) is 0.0270. The first-order valence-electron chi connectivity index (χ1n) is 13.0. The average Bonchev–Trinajstić information content (AvgIpc) is 3.02. The van der Waals surface area contributed by atoms with Gasteiger partial charge in [-0.1, -0.05) is 133 Å². The molecule has 6 aromatic rings. The molecule has 0 aliphatic carbocycles. The van der Waals surface area contributed by atoms with Gasteiger partial charge < -0.3 is 4.90 Å². The first-order chi connectivity index (χ1) is 18.8. The predicted molar refractivity (Wildman–Crippen MR) is 163 cm³/mol. The van der Waals surface area contributed by atoms with Gasteiger partial charge in [0.05, 0.1) is 0 Å². The molecule has 6 aromatic carbocycles.